The van der Waals surface area contributed by atoms with Crippen molar-refractivity contribution in [1.29, 1.82) is 0 Å². The van der Waals surface area contributed by atoms with Crippen LogP contribution < -0.4 is 9.80 Å². The molecule has 0 aromatic carbocycles. The first-order valence-electron chi connectivity index (χ1n) is 20.6. The normalized spacial score (nSPS) is 20.4. The summed E-state index contributed by atoms with van der Waals surface area (Å²) >= 11 is 9.30. The fraction of sp³-hybridized carbons (Fsp3) is 0.455. The highest BCUT2D eigenvalue weighted by molar-refractivity contribution is 9.10. The number of aromatic nitrogens is 4. The molecule has 4 aliphatic heterocycles. The van der Waals surface area contributed by atoms with E-state index in [9.17, 15) is 9.59 Å². The van der Waals surface area contributed by atoms with Gasteiger partial charge in [0.15, 0.2) is 11.6 Å². The minimum Gasteiger partial charge on any atom is -0.367 e. The highest BCUT2D eigenvalue weighted by atomic mass is 79.9. The van der Waals surface area contributed by atoms with Gasteiger partial charge in [0.05, 0.1) is 46.2 Å². The minimum absolute atomic E-state index is 0.141. The van der Waals surface area contributed by atoms with Gasteiger partial charge < -0.3 is 19.6 Å². The van der Waals surface area contributed by atoms with E-state index >= 15 is 0 Å². The Morgan fingerprint density at radius 2 is 1.12 bits per heavy atom. The largest absolute Gasteiger partial charge is 0.367 e. The van der Waals surface area contributed by atoms with Gasteiger partial charge in [0.1, 0.15) is 5.15 Å². The lowest BCUT2D eigenvalue weighted by Crippen LogP contribution is -2.63. The zero-order valence-corrected chi connectivity index (χ0v) is 35.8. The van der Waals surface area contributed by atoms with Gasteiger partial charge in [-0.3, -0.25) is 34.3 Å². The van der Waals surface area contributed by atoms with Gasteiger partial charge in [-0.2, -0.15) is 0 Å². The Morgan fingerprint density at radius 1 is 0.621 bits per heavy atom. The lowest BCUT2D eigenvalue weighted by atomic mass is 9.99. The molecule has 2 aliphatic carbocycles. The van der Waals surface area contributed by atoms with Crippen LogP contribution in [0, 0.1) is 0 Å². The molecule has 4 aromatic rings. The first kappa shape index (κ1) is 40.7. The Morgan fingerprint density at radius 3 is 1.67 bits per heavy atom. The number of allylic oxidation sites excluding steroid dienone is 2. The van der Waals surface area contributed by atoms with E-state index in [4.69, 9.17) is 11.6 Å². The zero-order valence-electron chi connectivity index (χ0n) is 33.4. The van der Waals surface area contributed by atoms with Crippen LogP contribution in [0.5, 0.6) is 0 Å². The average Bonchev–Trinajstić information content (AvgIpc) is 3.20. The van der Waals surface area contributed by atoms with Crippen molar-refractivity contribution >= 4 is 73.7 Å². The summed E-state index contributed by atoms with van der Waals surface area (Å²) in [5.74, 6) is 0.314. The first-order chi connectivity index (χ1) is 28.2. The molecule has 4 aromatic heterocycles. The molecule has 4 saturated heterocycles. The SMILES string of the molecule is CCN1CCN(C2CN(c3cnc4c(c3)CC(=O)C=C4)C2)CC1.CCN1CCN(C2CN(c3cnc4ccc(Cl)nc4c3)C2)CC1.O=C1C=Cc2ncc(Br)cc2C1. The third kappa shape index (κ3) is 9.67. The monoisotopic (exact) mass is 866 g/mol. The molecule has 0 radical (unpaired) electrons. The Kier molecular flexibility index (Phi) is 12.9. The molecule has 6 aliphatic rings. The molecule has 58 heavy (non-hydrogen) atoms. The molecule has 0 saturated carbocycles. The molecule has 304 valence electrons. The molecule has 4 fully saturated rings. The Balaban J connectivity index is 0.000000128. The van der Waals surface area contributed by atoms with Crippen LogP contribution in [0.2, 0.25) is 5.15 Å². The molecular formula is C44H52BrClN10O2. The molecule has 0 N–H and O–H groups in total. The van der Waals surface area contributed by atoms with Crippen LogP contribution >= 0.6 is 27.5 Å². The Hall–Kier alpha value is -4.11. The summed E-state index contributed by atoms with van der Waals surface area (Å²) in [7, 11) is 0. The van der Waals surface area contributed by atoms with Gasteiger partial charge in [-0.25, -0.2) is 4.98 Å². The summed E-state index contributed by atoms with van der Waals surface area (Å²) in [6, 6.07) is 11.2. The molecule has 0 spiro atoms. The molecule has 12 nitrogen and oxygen atoms in total. The van der Waals surface area contributed by atoms with Crippen molar-refractivity contribution in [2.45, 2.75) is 38.8 Å². The number of hydrogen-bond donors (Lipinski definition) is 0. The van der Waals surface area contributed by atoms with Gasteiger partial charge in [-0.15, -0.1) is 0 Å². The number of piperazine rings is 2. The topological polar surface area (TPSA) is 105 Å². The van der Waals surface area contributed by atoms with Crippen molar-refractivity contribution in [3.05, 3.63) is 93.2 Å². The molecule has 0 atom stereocenters. The summed E-state index contributed by atoms with van der Waals surface area (Å²) in [5, 5.41) is 0.520. The van der Waals surface area contributed by atoms with E-state index < -0.39 is 0 Å². The fourth-order valence-electron chi connectivity index (χ4n) is 8.42. The number of carbonyl (C=O) groups excluding carboxylic acids is 2. The smallest absolute Gasteiger partial charge is 0.160 e. The maximum absolute atomic E-state index is 11.6. The van der Waals surface area contributed by atoms with Crippen LogP contribution in [0.3, 0.4) is 0 Å². The number of rotatable bonds is 6. The van der Waals surface area contributed by atoms with Crippen LogP contribution in [0.4, 0.5) is 11.4 Å². The number of halogens is 2. The highest BCUT2D eigenvalue weighted by Crippen LogP contribution is 2.29. The predicted octanol–water partition coefficient (Wildman–Crippen LogP) is 5.14. The number of hydrogen-bond acceptors (Lipinski definition) is 12. The predicted molar refractivity (Wildman–Crippen MR) is 236 cm³/mol. The lowest BCUT2D eigenvalue weighted by Gasteiger charge is -2.49. The highest BCUT2D eigenvalue weighted by Gasteiger charge is 2.35. The number of carbonyl (C=O) groups is 2. The second-order valence-electron chi connectivity index (χ2n) is 15.8. The standard InChI is InChI=1S/C18H24N4O.C17H22ClN5.C9H6BrNO/c1-2-20-5-7-21(8-6-20)16-12-22(13-16)15-9-14-10-17(23)3-4-18(14)19-11-15;1-2-21-5-7-22(8-6-21)14-11-23(12-14)13-9-16-15(19-10-13)3-4-17(18)20-16;10-7-3-6-4-8(12)1-2-9(6)11-5-7/h3-4,9,11,16H,2,5-8,10,12-13H2,1H3;3-4,9-10,14H,2,5-8,11-12H2,1H3;1-3,5H,4H2. The minimum atomic E-state index is 0.141. The van der Waals surface area contributed by atoms with Crippen molar-refractivity contribution in [1.82, 2.24) is 39.5 Å². The van der Waals surface area contributed by atoms with Gasteiger partial charge in [-0.05, 0) is 94.8 Å². The molecule has 0 bridgehead atoms. The molecular weight excluding hydrogens is 816 g/mol. The number of anilines is 2. The average molecular weight is 868 g/mol. The zero-order chi connectivity index (χ0) is 40.2. The van der Waals surface area contributed by atoms with Gasteiger partial charge >= 0.3 is 0 Å². The lowest BCUT2D eigenvalue weighted by molar-refractivity contribution is -0.114. The maximum atomic E-state index is 11.6. The van der Waals surface area contributed by atoms with Crippen molar-refractivity contribution in [2.24, 2.45) is 0 Å². The van der Waals surface area contributed by atoms with E-state index in [0.717, 1.165) is 75.6 Å². The summed E-state index contributed by atoms with van der Waals surface area (Å²) < 4.78 is 0.921. The van der Waals surface area contributed by atoms with Crippen molar-refractivity contribution in [3.63, 3.8) is 0 Å². The number of fused-ring (bicyclic) bond motifs is 3. The van der Waals surface area contributed by atoms with E-state index in [2.05, 4.69) is 91.2 Å². The Bertz CT molecular complexity index is 2170. The fourth-order valence-corrected chi connectivity index (χ4v) is 8.95. The number of likely N-dealkylation sites (N-methyl/N-ethyl adjacent to an activating group) is 2. The van der Waals surface area contributed by atoms with Crippen LogP contribution in [0.25, 0.3) is 23.2 Å². The van der Waals surface area contributed by atoms with Gasteiger partial charge in [-0.1, -0.05) is 25.4 Å². The summed E-state index contributed by atoms with van der Waals surface area (Å²) in [4.78, 5) is 55.2. The third-order valence-electron chi connectivity index (χ3n) is 12.2. The molecule has 0 amide bonds. The first-order valence-corrected chi connectivity index (χ1v) is 21.8. The van der Waals surface area contributed by atoms with Crippen LogP contribution in [-0.2, 0) is 22.4 Å². The molecule has 0 unspecified atom stereocenters. The van der Waals surface area contributed by atoms with Crippen LogP contribution in [-0.4, -0.2) is 155 Å². The van der Waals surface area contributed by atoms with Crippen molar-refractivity contribution in [3.8, 4) is 0 Å². The van der Waals surface area contributed by atoms with Gasteiger partial charge in [0.2, 0.25) is 0 Å². The number of ketones is 2. The van der Waals surface area contributed by atoms with E-state index in [-0.39, 0.29) is 11.6 Å². The van der Waals surface area contributed by atoms with Gasteiger partial charge in [0, 0.05) is 114 Å². The van der Waals surface area contributed by atoms with Crippen LogP contribution in [0.15, 0.2) is 65.5 Å². The number of nitrogens with zero attached hydrogens (tertiary/aromatic N) is 10. The number of pyridine rings is 4. The van der Waals surface area contributed by atoms with Crippen LogP contribution in [0.1, 0.15) is 36.4 Å². The summed E-state index contributed by atoms with van der Waals surface area (Å²) in [6.07, 6.45) is 13.4. The molecule has 10 rings (SSSR count). The Labute approximate surface area is 354 Å². The quantitative estimate of drug-likeness (QED) is 0.240. The van der Waals surface area contributed by atoms with E-state index in [1.54, 1.807) is 30.5 Å². The van der Waals surface area contributed by atoms with E-state index in [1.165, 1.54) is 65.4 Å². The maximum Gasteiger partial charge on any atom is 0.160 e. The third-order valence-corrected chi connectivity index (χ3v) is 12.9. The van der Waals surface area contributed by atoms with Gasteiger partial charge in [0.25, 0.3) is 0 Å². The van der Waals surface area contributed by atoms with E-state index in [0.29, 0.717) is 30.1 Å². The molecule has 8 heterocycles. The summed E-state index contributed by atoms with van der Waals surface area (Å²) in [6.45, 7) is 20.7. The van der Waals surface area contributed by atoms with Crippen molar-refractivity contribution < 1.29 is 9.59 Å². The molecule has 14 heteroatoms. The van der Waals surface area contributed by atoms with Crippen molar-refractivity contribution in [2.75, 3.05) is 101 Å². The second-order valence-corrected chi connectivity index (χ2v) is 17.1. The second kappa shape index (κ2) is 18.4. The van der Waals surface area contributed by atoms with E-state index in [1.807, 2.05) is 30.6 Å². The summed E-state index contributed by atoms with van der Waals surface area (Å²) in [5.41, 5.74) is 7.98.